The second kappa shape index (κ2) is 5.57. The predicted octanol–water partition coefficient (Wildman–Crippen LogP) is 1.28. The van der Waals surface area contributed by atoms with E-state index in [1.807, 2.05) is 6.92 Å². The number of amides is 1. The van der Waals surface area contributed by atoms with Crippen LogP contribution in [0.3, 0.4) is 0 Å². The molecule has 2 N–H and O–H groups in total. The van der Waals surface area contributed by atoms with E-state index < -0.39 is 5.60 Å². The van der Waals surface area contributed by atoms with Crippen LogP contribution in [0.2, 0.25) is 0 Å². The third-order valence-corrected chi connectivity index (χ3v) is 4.30. The van der Waals surface area contributed by atoms with E-state index in [0.717, 1.165) is 13.1 Å². The van der Waals surface area contributed by atoms with Crippen LogP contribution in [-0.4, -0.2) is 46.7 Å². The SMILES string of the molecule is CC1CCCCN1CCC(=O)NC1CC(C)(O)C1. The highest BCUT2D eigenvalue weighted by Gasteiger charge is 2.38. The van der Waals surface area contributed by atoms with Gasteiger partial charge in [-0.3, -0.25) is 4.79 Å². The first-order valence-electron chi connectivity index (χ1n) is 7.22. The third kappa shape index (κ3) is 3.69. The van der Waals surface area contributed by atoms with Crippen LogP contribution in [0.1, 0.15) is 52.4 Å². The van der Waals surface area contributed by atoms with Gasteiger partial charge in [-0.2, -0.15) is 0 Å². The van der Waals surface area contributed by atoms with Crippen LogP contribution in [0.25, 0.3) is 0 Å². The van der Waals surface area contributed by atoms with Crippen LogP contribution < -0.4 is 5.32 Å². The molecular formula is C14H26N2O2. The van der Waals surface area contributed by atoms with Crippen molar-refractivity contribution < 1.29 is 9.90 Å². The predicted molar refractivity (Wildman–Crippen MR) is 71.3 cm³/mol. The van der Waals surface area contributed by atoms with E-state index in [1.54, 1.807) is 0 Å². The Morgan fingerprint density at radius 2 is 2.17 bits per heavy atom. The monoisotopic (exact) mass is 254 g/mol. The first-order chi connectivity index (χ1) is 8.46. The van der Waals surface area contributed by atoms with Crippen molar-refractivity contribution in [2.24, 2.45) is 0 Å². The number of nitrogens with zero attached hydrogens (tertiary/aromatic N) is 1. The Balaban J connectivity index is 1.63. The van der Waals surface area contributed by atoms with Gasteiger partial charge < -0.3 is 15.3 Å². The molecule has 0 bridgehead atoms. The smallest absolute Gasteiger partial charge is 0.221 e. The summed E-state index contributed by atoms with van der Waals surface area (Å²) >= 11 is 0. The van der Waals surface area contributed by atoms with E-state index in [9.17, 15) is 9.90 Å². The van der Waals surface area contributed by atoms with Gasteiger partial charge in [-0.25, -0.2) is 0 Å². The van der Waals surface area contributed by atoms with Crippen LogP contribution in [-0.2, 0) is 4.79 Å². The molecule has 1 atom stereocenters. The van der Waals surface area contributed by atoms with E-state index in [2.05, 4.69) is 17.1 Å². The molecule has 0 aromatic heterocycles. The Morgan fingerprint density at radius 3 is 2.78 bits per heavy atom. The minimum Gasteiger partial charge on any atom is -0.390 e. The lowest BCUT2D eigenvalue weighted by Crippen LogP contribution is -2.53. The fraction of sp³-hybridized carbons (Fsp3) is 0.929. The minimum atomic E-state index is -0.556. The molecule has 1 aliphatic carbocycles. The molecule has 1 heterocycles. The average molecular weight is 254 g/mol. The van der Waals surface area contributed by atoms with Crippen LogP contribution in [0.5, 0.6) is 0 Å². The van der Waals surface area contributed by atoms with Crippen molar-refractivity contribution >= 4 is 5.91 Å². The van der Waals surface area contributed by atoms with Gasteiger partial charge >= 0.3 is 0 Å². The fourth-order valence-electron chi connectivity index (χ4n) is 3.14. The lowest BCUT2D eigenvalue weighted by Gasteiger charge is -2.41. The number of carbonyl (C=O) groups excluding carboxylic acids is 1. The topological polar surface area (TPSA) is 52.6 Å². The van der Waals surface area contributed by atoms with E-state index in [4.69, 9.17) is 0 Å². The fourth-order valence-corrected chi connectivity index (χ4v) is 3.14. The van der Waals surface area contributed by atoms with E-state index in [0.29, 0.717) is 25.3 Å². The molecule has 2 rings (SSSR count). The molecule has 1 saturated carbocycles. The van der Waals surface area contributed by atoms with Gasteiger partial charge in [-0.05, 0) is 46.1 Å². The van der Waals surface area contributed by atoms with Crippen LogP contribution in [0.15, 0.2) is 0 Å². The maximum absolute atomic E-state index is 11.8. The number of nitrogens with one attached hydrogen (secondary N) is 1. The highest BCUT2D eigenvalue weighted by molar-refractivity contribution is 5.76. The summed E-state index contributed by atoms with van der Waals surface area (Å²) in [6.07, 6.45) is 5.81. The van der Waals surface area contributed by atoms with Gasteiger partial charge in [0.1, 0.15) is 0 Å². The van der Waals surface area contributed by atoms with Crippen LogP contribution in [0, 0.1) is 0 Å². The zero-order valence-electron chi connectivity index (χ0n) is 11.6. The second-order valence-corrected chi connectivity index (χ2v) is 6.30. The van der Waals surface area contributed by atoms with Gasteiger partial charge in [-0.15, -0.1) is 0 Å². The normalized spacial score (nSPS) is 37.1. The van der Waals surface area contributed by atoms with Crippen molar-refractivity contribution in [3.05, 3.63) is 0 Å². The van der Waals surface area contributed by atoms with Gasteiger partial charge in [0.15, 0.2) is 0 Å². The molecule has 2 fully saturated rings. The van der Waals surface area contributed by atoms with Crippen molar-refractivity contribution in [2.75, 3.05) is 13.1 Å². The Kier molecular flexibility index (Phi) is 4.28. The van der Waals surface area contributed by atoms with Crippen molar-refractivity contribution in [1.29, 1.82) is 0 Å². The van der Waals surface area contributed by atoms with Crippen LogP contribution >= 0.6 is 0 Å². The van der Waals surface area contributed by atoms with E-state index >= 15 is 0 Å². The van der Waals surface area contributed by atoms with Gasteiger partial charge in [0, 0.05) is 25.0 Å². The van der Waals surface area contributed by atoms with Crippen molar-refractivity contribution in [3.63, 3.8) is 0 Å². The quantitative estimate of drug-likeness (QED) is 0.794. The molecule has 0 spiro atoms. The summed E-state index contributed by atoms with van der Waals surface area (Å²) in [7, 11) is 0. The number of piperidine rings is 1. The molecule has 2 aliphatic rings. The molecule has 0 aromatic carbocycles. The number of rotatable bonds is 4. The maximum Gasteiger partial charge on any atom is 0.221 e. The summed E-state index contributed by atoms with van der Waals surface area (Å²) in [5, 5.41) is 12.6. The standard InChI is InChI=1S/C14H26N2O2/c1-11-5-3-4-7-16(11)8-6-13(17)15-12-9-14(2,18)10-12/h11-12,18H,3-10H2,1-2H3,(H,15,17). The van der Waals surface area contributed by atoms with Gasteiger partial charge in [-0.1, -0.05) is 6.42 Å². The van der Waals surface area contributed by atoms with Crippen molar-refractivity contribution in [1.82, 2.24) is 10.2 Å². The highest BCUT2D eigenvalue weighted by Crippen LogP contribution is 2.31. The number of likely N-dealkylation sites (tertiary alicyclic amines) is 1. The Bertz CT molecular complexity index is 296. The largest absolute Gasteiger partial charge is 0.390 e. The number of hydrogen-bond donors (Lipinski definition) is 2. The first kappa shape index (κ1) is 13.8. The molecule has 104 valence electrons. The zero-order chi connectivity index (χ0) is 13.2. The molecule has 1 unspecified atom stereocenters. The molecule has 18 heavy (non-hydrogen) atoms. The van der Waals surface area contributed by atoms with Crippen molar-refractivity contribution in [2.45, 2.75) is 70.1 Å². The molecular weight excluding hydrogens is 228 g/mol. The molecule has 0 radical (unpaired) electrons. The third-order valence-electron chi connectivity index (χ3n) is 4.30. The lowest BCUT2D eigenvalue weighted by atomic mass is 9.77. The maximum atomic E-state index is 11.8. The van der Waals surface area contributed by atoms with Gasteiger partial charge in [0.05, 0.1) is 5.60 Å². The Morgan fingerprint density at radius 1 is 1.44 bits per heavy atom. The van der Waals surface area contributed by atoms with Gasteiger partial charge in [0.2, 0.25) is 5.91 Å². The van der Waals surface area contributed by atoms with E-state index in [-0.39, 0.29) is 11.9 Å². The molecule has 1 amide bonds. The van der Waals surface area contributed by atoms with Gasteiger partial charge in [0.25, 0.3) is 0 Å². The summed E-state index contributed by atoms with van der Waals surface area (Å²) in [6, 6.07) is 0.808. The summed E-state index contributed by atoms with van der Waals surface area (Å²) in [6.45, 7) is 6.08. The van der Waals surface area contributed by atoms with Crippen molar-refractivity contribution in [3.8, 4) is 0 Å². The summed E-state index contributed by atoms with van der Waals surface area (Å²) in [4.78, 5) is 14.2. The number of aliphatic hydroxyl groups is 1. The average Bonchev–Trinajstić information content (AvgIpc) is 2.25. The summed E-state index contributed by atoms with van der Waals surface area (Å²) in [5.74, 6) is 0.133. The Labute approximate surface area is 110 Å². The minimum absolute atomic E-state index is 0.133. The number of hydrogen-bond acceptors (Lipinski definition) is 3. The molecule has 4 nitrogen and oxygen atoms in total. The second-order valence-electron chi connectivity index (χ2n) is 6.30. The van der Waals surface area contributed by atoms with Crippen LogP contribution in [0.4, 0.5) is 0 Å². The summed E-state index contributed by atoms with van der Waals surface area (Å²) in [5.41, 5.74) is -0.556. The lowest BCUT2D eigenvalue weighted by molar-refractivity contribution is -0.125. The molecule has 0 aromatic rings. The number of carbonyl (C=O) groups is 1. The first-order valence-corrected chi connectivity index (χ1v) is 7.22. The zero-order valence-corrected chi connectivity index (χ0v) is 11.6. The molecule has 1 saturated heterocycles. The molecule has 4 heteroatoms. The summed E-state index contributed by atoms with van der Waals surface area (Å²) < 4.78 is 0. The highest BCUT2D eigenvalue weighted by atomic mass is 16.3. The van der Waals surface area contributed by atoms with E-state index in [1.165, 1.54) is 19.3 Å². The molecule has 1 aliphatic heterocycles. The Hall–Kier alpha value is -0.610.